The molecule has 9 aromatic carbocycles. The number of fused-ring (bicyclic) bond motifs is 9. The zero-order valence-electron chi connectivity index (χ0n) is 30.9. The number of para-hydroxylation sites is 3. The van der Waals surface area contributed by atoms with Crippen molar-refractivity contribution >= 4 is 65.6 Å². The van der Waals surface area contributed by atoms with Crippen LogP contribution in [-0.2, 0) is 0 Å². The van der Waals surface area contributed by atoms with E-state index in [9.17, 15) is 0 Å². The standard InChI is InChI=1S/C54H34N2O/c1-3-15-35(16-4-1)37-29-31-39(32-30-37)55-46-24-10-7-20-43(46)52-41(22-13-26-48(52)55)42-23-14-27-49-53(42)44-21-8-11-25-47(44)56(49)50-34-38(36-17-5-2-6-18-36)33-45-40-19-9-12-28-51(40)57-54(45)50/h1-34H. The second-order valence-corrected chi connectivity index (χ2v) is 14.9. The molecule has 0 atom stereocenters. The number of aromatic nitrogens is 2. The van der Waals surface area contributed by atoms with E-state index in [-0.39, 0.29) is 0 Å². The average molecular weight is 727 g/mol. The highest BCUT2D eigenvalue weighted by molar-refractivity contribution is 6.23. The molecule has 0 unspecified atom stereocenters. The van der Waals surface area contributed by atoms with Gasteiger partial charge in [0.1, 0.15) is 5.58 Å². The number of hydrogen-bond donors (Lipinski definition) is 0. The number of furan rings is 1. The van der Waals surface area contributed by atoms with Gasteiger partial charge in [-0.3, -0.25) is 0 Å². The number of hydrogen-bond acceptors (Lipinski definition) is 1. The second kappa shape index (κ2) is 12.5. The maximum Gasteiger partial charge on any atom is 0.159 e. The minimum Gasteiger partial charge on any atom is -0.454 e. The lowest BCUT2D eigenvalue weighted by atomic mass is 9.95. The minimum atomic E-state index is 0.882. The summed E-state index contributed by atoms with van der Waals surface area (Å²) < 4.78 is 11.6. The Kier molecular flexibility index (Phi) is 6.93. The summed E-state index contributed by atoms with van der Waals surface area (Å²) in [5, 5.41) is 7.13. The fraction of sp³-hybridized carbons (Fsp3) is 0. The zero-order chi connectivity index (χ0) is 37.5. The van der Waals surface area contributed by atoms with Gasteiger partial charge in [-0.25, -0.2) is 0 Å². The summed E-state index contributed by atoms with van der Waals surface area (Å²) in [6.07, 6.45) is 0. The summed E-state index contributed by atoms with van der Waals surface area (Å²) >= 11 is 0. The molecule has 12 rings (SSSR count). The van der Waals surface area contributed by atoms with Gasteiger partial charge in [-0.15, -0.1) is 0 Å². The van der Waals surface area contributed by atoms with Crippen LogP contribution in [0.1, 0.15) is 0 Å². The molecule has 12 aromatic rings. The first kappa shape index (κ1) is 31.7. The summed E-state index contributed by atoms with van der Waals surface area (Å²) in [4.78, 5) is 0. The van der Waals surface area contributed by atoms with E-state index in [4.69, 9.17) is 4.42 Å². The van der Waals surface area contributed by atoms with Crippen molar-refractivity contribution < 1.29 is 4.42 Å². The van der Waals surface area contributed by atoms with Crippen molar-refractivity contribution in [3.63, 3.8) is 0 Å². The van der Waals surface area contributed by atoms with Crippen molar-refractivity contribution in [2.45, 2.75) is 0 Å². The van der Waals surface area contributed by atoms with E-state index in [0.717, 1.165) is 49.9 Å². The molecule has 3 heterocycles. The van der Waals surface area contributed by atoms with Crippen molar-refractivity contribution in [1.82, 2.24) is 9.13 Å². The van der Waals surface area contributed by atoms with Gasteiger partial charge in [0.15, 0.2) is 5.58 Å². The Balaban J connectivity index is 1.13. The van der Waals surface area contributed by atoms with Gasteiger partial charge in [0.25, 0.3) is 0 Å². The molecule has 57 heavy (non-hydrogen) atoms. The minimum absolute atomic E-state index is 0.882. The zero-order valence-corrected chi connectivity index (χ0v) is 30.9. The smallest absolute Gasteiger partial charge is 0.159 e. The van der Waals surface area contributed by atoms with E-state index in [0.29, 0.717) is 0 Å². The highest BCUT2D eigenvalue weighted by atomic mass is 16.3. The molecular formula is C54H34N2O. The van der Waals surface area contributed by atoms with E-state index < -0.39 is 0 Å². The first-order chi connectivity index (χ1) is 28.3. The molecule has 0 amide bonds. The van der Waals surface area contributed by atoms with Crippen molar-refractivity contribution in [3.8, 4) is 44.8 Å². The van der Waals surface area contributed by atoms with E-state index >= 15 is 0 Å². The molecule has 266 valence electrons. The number of nitrogens with zero attached hydrogens (tertiary/aromatic N) is 2. The van der Waals surface area contributed by atoms with Gasteiger partial charge in [-0.05, 0) is 88.0 Å². The molecule has 3 nitrogen and oxygen atoms in total. The molecule has 0 spiro atoms. The Hall–Kier alpha value is -7.62. The van der Waals surface area contributed by atoms with Crippen molar-refractivity contribution in [2.24, 2.45) is 0 Å². The summed E-state index contributed by atoms with van der Waals surface area (Å²) in [5.74, 6) is 0. The molecule has 0 bridgehead atoms. The molecule has 0 radical (unpaired) electrons. The molecule has 0 N–H and O–H groups in total. The summed E-state index contributed by atoms with van der Waals surface area (Å²) in [7, 11) is 0. The maximum absolute atomic E-state index is 6.77. The molecular weight excluding hydrogens is 693 g/mol. The topological polar surface area (TPSA) is 23.0 Å². The van der Waals surface area contributed by atoms with Gasteiger partial charge in [0.2, 0.25) is 0 Å². The number of rotatable bonds is 5. The van der Waals surface area contributed by atoms with Crippen LogP contribution in [0, 0.1) is 0 Å². The second-order valence-electron chi connectivity index (χ2n) is 14.9. The van der Waals surface area contributed by atoms with Gasteiger partial charge >= 0.3 is 0 Å². The molecule has 3 aromatic heterocycles. The lowest BCUT2D eigenvalue weighted by molar-refractivity contribution is 0.666. The highest BCUT2D eigenvalue weighted by Crippen LogP contribution is 2.46. The van der Waals surface area contributed by atoms with Crippen LogP contribution in [0.2, 0.25) is 0 Å². The van der Waals surface area contributed by atoms with Crippen LogP contribution in [0.25, 0.3) is 110 Å². The van der Waals surface area contributed by atoms with Gasteiger partial charge in [-0.1, -0.05) is 152 Å². The Morgan fingerprint density at radius 1 is 0.316 bits per heavy atom. The number of benzene rings is 9. The first-order valence-corrected chi connectivity index (χ1v) is 19.5. The van der Waals surface area contributed by atoms with E-state index in [1.54, 1.807) is 0 Å². The Bertz CT molecular complexity index is 3490. The van der Waals surface area contributed by atoms with E-state index in [1.807, 2.05) is 6.07 Å². The van der Waals surface area contributed by atoms with Crippen LogP contribution in [0.4, 0.5) is 0 Å². The molecule has 3 heteroatoms. The van der Waals surface area contributed by atoms with Crippen molar-refractivity contribution in [3.05, 3.63) is 206 Å². The predicted molar refractivity (Wildman–Crippen MR) is 239 cm³/mol. The van der Waals surface area contributed by atoms with Crippen LogP contribution >= 0.6 is 0 Å². The first-order valence-electron chi connectivity index (χ1n) is 19.5. The molecule has 0 saturated heterocycles. The van der Waals surface area contributed by atoms with Crippen LogP contribution in [0.3, 0.4) is 0 Å². The van der Waals surface area contributed by atoms with Crippen LogP contribution in [0.5, 0.6) is 0 Å². The molecule has 0 saturated carbocycles. The fourth-order valence-electron chi connectivity index (χ4n) is 9.23. The molecule has 0 aliphatic rings. The molecule has 0 aliphatic heterocycles. The van der Waals surface area contributed by atoms with Crippen molar-refractivity contribution in [1.29, 1.82) is 0 Å². The summed E-state index contributed by atoms with van der Waals surface area (Å²) in [6, 6.07) is 74.4. The Morgan fingerprint density at radius 2 is 0.807 bits per heavy atom. The summed E-state index contributed by atoms with van der Waals surface area (Å²) in [5.41, 5.74) is 15.7. The Morgan fingerprint density at radius 3 is 1.46 bits per heavy atom. The monoisotopic (exact) mass is 726 g/mol. The third-order valence-corrected chi connectivity index (χ3v) is 11.7. The Labute approximate surface area is 328 Å². The lowest BCUT2D eigenvalue weighted by Crippen LogP contribution is -1.96. The van der Waals surface area contributed by atoms with Crippen LogP contribution in [0.15, 0.2) is 211 Å². The SMILES string of the molecule is c1ccc(-c2ccc(-n3c4ccccc4c4c(-c5cccc6c5c5ccccc5n6-c5cc(-c6ccccc6)cc6c5oc5ccccc56)cccc43)cc2)cc1. The normalized spacial score (nSPS) is 11.9. The van der Waals surface area contributed by atoms with E-state index in [1.165, 1.54) is 60.4 Å². The molecule has 0 fully saturated rings. The van der Waals surface area contributed by atoms with Gasteiger partial charge in [0, 0.05) is 38.0 Å². The summed E-state index contributed by atoms with van der Waals surface area (Å²) in [6.45, 7) is 0. The van der Waals surface area contributed by atoms with Gasteiger partial charge < -0.3 is 13.6 Å². The quantitative estimate of drug-likeness (QED) is 0.173. The van der Waals surface area contributed by atoms with Crippen molar-refractivity contribution in [2.75, 3.05) is 0 Å². The predicted octanol–water partition coefficient (Wildman–Crippen LogP) is 14.8. The largest absolute Gasteiger partial charge is 0.454 e. The fourth-order valence-corrected chi connectivity index (χ4v) is 9.23. The van der Waals surface area contributed by atoms with Gasteiger partial charge in [-0.2, -0.15) is 0 Å². The van der Waals surface area contributed by atoms with Gasteiger partial charge in [0.05, 0.1) is 27.8 Å². The van der Waals surface area contributed by atoms with Crippen LogP contribution < -0.4 is 0 Å². The van der Waals surface area contributed by atoms with Crippen LogP contribution in [-0.4, -0.2) is 9.13 Å². The maximum atomic E-state index is 6.77. The third kappa shape index (κ3) is 4.79. The lowest BCUT2D eigenvalue weighted by Gasteiger charge is -2.13. The third-order valence-electron chi connectivity index (χ3n) is 11.7. The average Bonchev–Trinajstić information content (AvgIpc) is 3.95. The highest BCUT2D eigenvalue weighted by Gasteiger charge is 2.23. The van der Waals surface area contributed by atoms with E-state index in [2.05, 4.69) is 209 Å². The molecule has 0 aliphatic carbocycles.